The van der Waals surface area contributed by atoms with Gasteiger partial charge in [0.1, 0.15) is 12.0 Å². The van der Waals surface area contributed by atoms with Crippen molar-refractivity contribution in [2.45, 2.75) is 65.3 Å². The molecule has 1 saturated heterocycles. The number of halogens is 1. The summed E-state index contributed by atoms with van der Waals surface area (Å²) in [5.74, 6) is -0.143. The van der Waals surface area contributed by atoms with Crippen LogP contribution in [0, 0.1) is 13.8 Å². The van der Waals surface area contributed by atoms with Gasteiger partial charge in [-0.15, -0.1) is 11.6 Å². The van der Waals surface area contributed by atoms with Crippen molar-refractivity contribution >= 4 is 23.2 Å². The number of amides is 1. The van der Waals surface area contributed by atoms with Crippen LogP contribution in [0.1, 0.15) is 50.2 Å². The van der Waals surface area contributed by atoms with Gasteiger partial charge in [-0.1, -0.05) is 44.4 Å². The number of rotatable bonds is 9. The molecule has 1 aromatic rings. The summed E-state index contributed by atoms with van der Waals surface area (Å²) >= 11 is 5.85. The average molecular weight is 368 g/mol. The number of aryl methyl sites for hydroxylation is 2. The van der Waals surface area contributed by atoms with Crippen LogP contribution in [0.5, 0.6) is 0 Å². The van der Waals surface area contributed by atoms with E-state index in [0.717, 1.165) is 29.7 Å². The van der Waals surface area contributed by atoms with Crippen LogP contribution in [-0.4, -0.2) is 37.3 Å². The second kappa shape index (κ2) is 10.1. The van der Waals surface area contributed by atoms with E-state index < -0.39 is 0 Å². The molecular weight excluding hydrogens is 338 g/mol. The fourth-order valence-corrected chi connectivity index (χ4v) is 3.46. The zero-order valence-electron chi connectivity index (χ0n) is 15.6. The first-order valence-electron chi connectivity index (χ1n) is 9.26. The Balaban J connectivity index is 1.98. The molecule has 25 heavy (non-hydrogen) atoms. The van der Waals surface area contributed by atoms with Gasteiger partial charge in [0.25, 0.3) is 0 Å². The molecule has 0 radical (unpaired) electrons. The van der Waals surface area contributed by atoms with Crippen molar-refractivity contribution in [1.82, 2.24) is 0 Å². The number of alkyl halides is 1. The van der Waals surface area contributed by atoms with Crippen molar-refractivity contribution in [3.63, 3.8) is 0 Å². The summed E-state index contributed by atoms with van der Waals surface area (Å²) in [6.45, 7) is 7.23. The lowest BCUT2D eigenvalue weighted by Gasteiger charge is -2.27. The average Bonchev–Trinajstić information content (AvgIpc) is 3.04. The molecule has 5 heteroatoms. The third-order valence-corrected chi connectivity index (χ3v) is 4.85. The van der Waals surface area contributed by atoms with Crippen molar-refractivity contribution in [2.75, 3.05) is 23.9 Å². The molecule has 1 heterocycles. The third-order valence-electron chi connectivity index (χ3n) is 4.62. The summed E-state index contributed by atoms with van der Waals surface area (Å²) in [6.07, 6.45) is 5.47. The Hall–Kier alpha value is -1.10. The van der Waals surface area contributed by atoms with E-state index in [2.05, 4.69) is 6.92 Å². The number of unbranched alkanes of at least 4 members (excludes halogenated alkanes) is 3. The van der Waals surface area contributed by atoms with Crippen LogP contribution in [0.15, 0.2) is 18.2 Å². The molecule has 0 N–H and O–H groups in total. The molecular formula is C20H30ClNO3. The predicted octanol–water partition coefficient (Wildman–Crippen LogP) is 4.59. The highest BCUT2D eigenvalue weighted by Gasteiger charge is 2.30. The quantitative estimate of drug-likeness (QED) is 0.473. The Morgan fingerprint density at radius 2 is 1.96 bits per heavy atom. The lowest BCUT2D eigenvalue weighted by molar-refractivity contribution is -0.117. The van der Waals surface area contributed by atoms with E-state index in [1.54, 1.807) is 4.90 Å². The zero-order valence-corrected chi connectivity index (χ0v) is 16.3. The topological polar surface area (TPSA) is 38.8 Å². The molecule has 1 amide bonds. The first kappa shape index (κ1) is 20.2. The Kier molecular flexibility index (Phi) is 8.20. The fraction of sp³-hybridized carbons (Fsp3) is 0.650. The fourth-order valence-electron chi connectivity index (χ4n) is 3.32. The van der Waals surface area contributed by atoms with E-state index >= 15 is 0 Å². The first-order valence-corrected chi connectivity index (χ1v) is 9.79. The first-order chi connectivity index (χ1) is 12.1. The van der Waals surface area contributed by atoms with E-state index in [1.807, 2.05) is 32.0 Å². The minimum Gasteiger partial charge on any atom is -0.350 e. The van der Waals surface area contributed by atoms with Crippen LogP contribution >= 0.6 is 11.6 Å². The van der Waals surface area contributed by atoms with Gasteiger partial charge in [-0.05, 0) is 37.8 Å². The summed E-state index contributed by atoms with van der Waals surface area (Å²) in [5.41, 5.74) is 3.06. The van der Waals surface area contributed by atoms with Crippen molar-refractivity contribution < 1.29 is 14.3 Å². The summed E-state index contributed by atoms with van der Waals surface area (Å²) < 4.78 is 11.8. The second-order valence-corrected chi connectivity index (χ2v) is 7.02. The molecule has 0 aromatic heterocycles. The highest BCUT2D eigenvalue weighted by atomic mass is 35.5. The number of para-hydroxylation sites is 1. The van der Waals surface area contributed by atoms with E-state index in [-0.39, 0.29) is 24.2 Å². The Labute approximate surface area is 156 Å². The van der Waals surface area contributed by atoms with E-state index in [0.29, 0.717) is 13.2 Å². The smallest absolute Gasteiger partial charge is 0.242 e. The Bertz CT molecular complexity index is 544. The molecule has 2 unspecified atom stereocenters. The second-order valence-electron chi connectivity index (χ2n) is 6.75. The normalized spacial score (nSPS) is 20.0. The van der Waals surface area contributed by atoms with Crippen LogP contribution in [0.3, 0.4) is 0 Å². The molecule has 140 valence electrons. The number of hydrogen-bond acceptors (Lipinski definition) is 3. The highest BCUT2D eigenvalue weighted by molar-refractivity contribution is 6.29. The third kappa shape index (κ3) is 5.70. The maximum Gasteiger partial charge on any atom is 0.242 e. The molecule has 2 rings (SSSR count). The van der Waals surface area contributed by atoms with Gasteiger partial charge in [0.15, 0.2) is 6.29 Å². The van der Waals surface area contributed by atoms with Crippen molar-refractivity contribution in [3.05, 3.63) is 29.3 Å². The number of nitrogens with zero attached hydrogens (tertiary/aromatic N) is 1. The van der Waals surface area contributed by atoms with Gasteiger partial charge in [0.05, 0.1) is 13.2 Å². The van der Waals surface area contributed by atoms with Crippen LogP contribution in [0.2, 0.25) is 0 Å². The van der Waals surface area contributed by atoms with Gasteiger partial charge in [0, 0.05) is 5.69 Å². The molecule has 0 aliphatic carbocycles. The standard InChI is InChI=1S/C20H30ClNO3/c1-4-5-6-7-11-19-24-14-17(25-19)13-22(18(23)12-21)20-15(2)9-8-10-16(20)3/h8-10,17,19H,4-7,11-14H2,1-3H3. The number of anilines is 1. The van der Waals surface area contributed by atoms with Crippen molar-refractivity contribution in [1.29, 1.82) is 0 Å². The minimum absolute atomic E-state index is 0.0399. The maximum atomic E-state index is 12.4. The number of carbonyl (C=O) groups excluding carboxylic acids is 1. The van der Waals surface area contributed by atoms with E-state index in [1.165, 1.54) is 19.3 Å². The highest BCUT2D eigenvalue weighted by Crippen LogP contribution is 2.27. The van der Waals surface area contributed by atoms with Gasteiger partial charge in [-0.25, -0.2) is 0 Å². The number of benzene rings is 1. The molecule has 2 atom stereocenters. The summed E-state index contributed by atoms with van der Waals surface area (Å²) in [7, 11) is 0. The molecule has 1 aromatic carbocycles. The van der Waals surface area contributed by atoms with Gasteiger partial charge in [-0.2, -0.15) is 0 Å². The van der Waals surface area contributed by atoms with Crippen LogP contribution in [-0.2, 0) is 14.3 Å². The van der Waals surface area contributed by atoms with Crippen LogP contribution < -0.4 is 4.90 Å². The predicted molar refractivity (Wildman–Crippen MR) is 102 cm³/mol. The van der Waals surface area contributed by atoms with Gasteiger partial charge >= 0.3 is 0 Å². The summed E-state index contributed by atoms with van der Waals surface area (Å²) in [6, 6.07) is 6.03. The van der Waals surface area contributed by atoms with E-state index in [9.17, 15) is 4.79 Å². The van der Waals surface area contributed by atoms with E-state index in [4.69, 9.17) is 21.1 Å². The van der Waals surface area contributed by atoms with Crippen LogP contribution in [0.25, 0.3) is 0 Å². The number of carbonyl (C=O) groups is 1. The largest absolute Gasteiger partial charge is 0.350 e. The summed E-state index contributed by atoms with van der Waals surface area (Å²) in [5, 5.41) is 0. The zero-order chi connectivity index (χ0) is 18.2. The monoisotopic (exact) mass is 367 g/mol. The van der Waals surface area contributed by atoms with Crippen LogP contribution in [0.4, 0.5) is 5.69 Å². The summed E-state index contributed by atoms with van der Waals surface area (Å²) in [4.78, 5) is 14.2. The number of hydrogen-bond donors (Lipinski definition) is 0. The van der Waals surface area contributed by atoms with Gasteiger partial charge in [-0.3, -0.25) is 4.79 Å². The van der Waals surface area contributed by atoms with Crippen molar-refractivity contribution in [2.24, 2.45) is 0 Å². The molecule has 4 nitrogen and oxygen atoms in total. The molecule has 0 spiro atoms. The molecule has 0 saturated carbocycles. The SMILES string of the molecule is CCCCCCC1OCC(CN(C(=O)CCl)c2c(C)cccc2C)O1. The van der Waals surface area contributed by atoms with Gasteiger partial charge < -0.3 is 14.4 Å². The minimum atomic E-state index is -0.146. The molecule has 1 fully saturated rings. The number of ether oxygens (including phenoxy) is 2. The lowest BCUT2D eigenvalue weighted by atomic mass is 10.1. The maximum absolute atomic E-state index is 12.4. The molecule has 1 aliphatic rings. The molecule has 0 bridgehead atoms. The van der Waals surface area contributed by atoms with Gasteiger partial charge in [0.2, 0.25) is 5.91 Å². The molecule has 1 aliphatic heterocycles. The Morgan fingerprint density at radius 1 is 1.24 bits per heavy atom. The lowest BCUT2D eigenvalue weighted by Crippen LogP contribution is -2.40. The van der Waals surface area contributed by atoms with Crippen molar-refractivity contribution in [3.8, 4) is 0 Å². The Morgan fingerprint density at radius 3 is 2.60 bits per heavy atom.